The number of rotatable bonds is 7. The molecule has 1 heterocycles. The Balaban J connectivity index is 0.00000312. The van der Waals surface area contributed by atoms with Crippen LogP contribution in [0.25, 0.3) is 0 Å². The molecule has 0 fully saturated rings. The first-order valence-corrected chi connectivity index (χ1v) is 8.59. The Morgan fingerprint density at radius 2 is 1.76 bits per heavy atom. The van der Waals surface area contributed by atoms with Gasteiger partial charge in [-0.2, -0.15) is 5.10 Å². The number of aliphatic imine (C=N–C) groups is 1. The summed E-state index contributed by atoms with van der Waals surface area (Å²) in [6.45, 7) is 5.95. The summed E-state index contributed by atoms with van der Waals surface area (Å²) in [5.74, 6) is 0.863. The van der Waals surface area contributed by atoms with Gasteiger partial charge in [0, 0.05) is 32.9 Å². The summed E-state index contributed by atoms with van der Waals surface area (Å²) in [4.78, 5) is 4.29. The minimum Gasteiger partial charge on any atom is -0.356 e. The molecule has 0 unspecified atom stereocenters. The molecule has 2 aromatic rings. The van der Waals surface area contributed by atoms with E-state index in [4.69, 9.17) is 0 Å². The molecule has 0 aliphatic rings. The van der Waals surface area contributed by atoms with E-state index in [9.17, 15) is 0 Å². The molecular weight excluding hydrogens is 425 g/mol. The van der Waals surface area contributed by atoms with Gasteiger partial charge < -0.3 is 10.6 Å². The van der Waals surface area contributed by atoms with E-state index in [1.165, 1.54) is 16.8 Å². The number of guanidine groups is 1. The average Bonchev–Trinajstić information content (AvgIpc) is 2.83. The van der Waals surface area contributed by atoms with Crippen molar-refractivity contribution in [3.63, 3.8) is 0 Å². The maximum atomic E-state index is 4.46. The van der Waals surface area contributed by atoms with Gasteiger partial charge in [0.25, 0.3) is 0 Å². The van der Waals surface area contributed by atoms with Crippen LogP contribution in [0.15, 0.2) is 35.3 Å². The molecule has 0 saturated carbocycles. The van der Waals surface area contributed by atoms with Crippen LogP contribution in [0.4, 0.5) is 0 Å². The van der Waals surface area contributed by atoms with E-state index in [0.717, 1.165) is 44.0 Å². The van der Waals surface area contributed by atoms with Crippen molar-refractivity contribution in [3.05, 3.63) is 52.8 Å². The fourth-order valence-corrected chi connectivity index (χ4v) is 2.85. The molecule has 0 bridgehead atoms. The fourth-order valence-electron chi connectivity index (χ4n) is 2.85. The third kappa shape index (κ3) is 6.68. The Hall–Kier alpha value is -1.57. The first-order chi connectivity index (χ1) is 11.6. The molecule has 0 amide bonds. The molecule has 2 rings (SSSR count). The van der Waals surface area contributed by atoms with Gasteiger partial charge in [-0.3, -0.25) is 9.67 Å². The minimum atomic E-state index is 0. The molecule has 0 radical (unpaired) electrons. The van der Waals surface area contributed by atoms with E-state index in [-0.39, 0.29) is 24.0 Å². The first-order valence-electron chi connectivity index (χ1n) is 8.59. The van der Waals surface area contributed by atoms with Crippen LogP contribution in [-0.4, -0.2) is 35.9 Å². The zero-order valence-electron chi connectivity index (χ0n) is 15.7. The van der Waals surface area contributed by atoms with Gasteiger partial charge in [-0.25, -0.2) is 0 Å². The molecule has 1 aromatic heterocycles. The Labute approximate surface area is 168 Å². The van der Waals surface area contributed by atoms with Gasteiger partial charge >= 0.3 is 0 Å². The lowest BCUT2D eigenvalue weighted by Crippen LogP contribution is -2.38. The third-order valence-electron chi connectivity index (χ3n) is 4.33. The van der Waals surface area contributed by atoms with Gasteiger partial charge in [0.15, 0.2) is 5.96 Å². The standard InChI is InChI=1S/C19H29N5.HI/c1-15-18(16(2)24(4)23-15)12-14-22-19(20-3)21-13-8-11-17-9-6-5-7-10-17;/h5-7,9-10H,8,11-14H2,1-4H3,(H2,20,21,22);1H. The summed E-state index contributed by atoms with van der Waals surface area (Å²) >= 11 is 0. The normalized spacial score (nSPS) is 11.1. The number of nitrogens with one attached hydrogen (secondary N) is 2. The van der Waals surface area contributed by atoms with Crippen molar-refractivity contribution in [2.75, 3.05) is 20.1 Å². The zero-order valence-corrected chi connectivity index (χ0v) is 18.0. The smallest absolute Gasteiger partial charge is 0.190 e. The van der Waals surface area contributed by atoms with E-state index in [1.54, 1.807) is 0 Å². The Kier molecular flexibility index (Phi) is 9.55. The second-order valence-corrected chi connectivity index (χ2v) is 6.04. The second-order valence-electron chi connectivity index (χ2n) is 6.04. The van der Waals surface area contributed by atoms with Gasteiger partial charge in [-0.1, -0.05) is 30.3 Å². The zero-order chi connectivity index (χ0) is 17.4. The van der Waals surface area contributed by atoms with Crippen LogP contribution in [0.3, 0.4) is 0 Å². The van der Waals surface area contributed by atoms with Crippen LogP contribution >= 0.6 is 24.0 Å². The van der Waals surface area contributed by atoms with Crippen LogP contribution < -0.4 is 10.6 Å². The average molecular weight is 455 g/mol. The van der Waals surface area contributed by atoms with Gasteiger partial charge in [-0.15, -0.1) is 24.0 Å². The number of aryl methyl sites for hydroxylation is 3. The Morgan fingerprint density at radius 1 is 1.08 bits per heavy atom. The van der Waals surface area contributed by atoms with Crippen LogP contribution in [0.2, 0.25) is 0 Å². The fraction of sp³-hybridized carbons (Fsp3) is 0.474. The van der Waals surface area contributed by atoms with Crippen molar-refractivity contribution in [1.29, 1.82) is 0 Å². The summed E-state index contributed by atoms with van der Waals surface area (Å²) in [5, 5.41) is 11.2. The highest BCUT2D eigenvalue weighted by atomic mass is 127. The van der Waals surface area contributed by atoms with Crippen molar-refractivity contribution in [2.45, 2.75) is 33.1 Å². The predicted octanol–water partition coefficient (Wildman–Crippen LogP) is 3.00. The SMILES string of the molecule is CN=C(NCCCc1ccccc1)NCCc1c(C)nn(C)c1C.I. The number of hydrogen-bond acceptors (Lipinski definition) is 2. The number of nitrogens with zero attached hydrogens (tertiary/aromatic N) is 3. The molecule has 5 nitrogen and oxygen atoms in total. The summed E-state index contributed by atoms with van der Waals surface area (Å²) in [6.07, 6.45) is 3.13. The van der Waals surface area contributed by atoms with Crippen LogP contribution in [0.1, 0.15) is 28.9 Å². The summed E-state index contributed by atoms with van der Waals surface area (Å²) in [6, 6.07) is 10.6. The quantitative estimate of drug-likeness (QED) is 0.292. The second kappa shape index (κ2) is 11.1. The lowest BCUT2D eigenvalue weighted by Gasteiger charge is -2.12. The molecule has 0 saturated heterocycles. The van der Waals surface area contributed by atoms with Crippen molar-refractivity contribution < 1.29 is 0 Å². The third-order valence-corrected chi connectivity index (χ3v) is 4.33. The highest BCUT2D eigenvalue weighted by molar-refractivity contribution is 14.0. The molecule has 25 heavy (non-hydrogen) atoms. The lowest BCUT2D eigenvalue weighted by atomic mass is 10.1. The van der Waals surface area contributed by atoms with E-state index in [2.05, 4.69) is 64.9 Å². The predicted molar refractivity (Wildman–Crippen MR) is 116 cm³/mol. The van der Waals surface area contributed by atoms with Crippen molar-refractivity contribution >= 4 is 29.9 Å². The van der Waals surface area contributed by atoms with E-state index in [0.29, 0.717) is 0 Å². The molecule has 6 heteroatoms. The summed E-state index contributed by atoms with van der Waals surface area (Å²) in [5.41, 5.74) is 5.05. The first kappa shape index (κ1) is 21.5. The van der Waals surface area contributed by atoms with E-state index >= 15 is 0 Å². The van der Waals surface area contributed by atoms with Crippen LogP contribution in [-0.2, 0) is 19.9 Å². The van der Waals surface area contributed by atoms with Gasteiger partial charge in [0.2, 0.25) is 0 Å². The maximum Gasteiger partial charge on any atom is 0.190 e. The highest BCUT2D eigenvalue weighted by Crippen LogP contribution is 2.11. The van der Waals surface area contributed by atoms with Crippen LogP contribution in [0.5, 0.6) is 0 Å². The number of hydrogen-bond donors (Lipinski definition) is 2. The summed E-state index contributed by atoms with van der Waals surface area (Å²) < 4.78 is 1.95. The van der Waals surface area contributed by atoms with Gasteiger partial charge in [-0.05, 0) is 44.2 Å². The van der Waals surface area contributed by atoms with Gasteiger partial charge in [0.1, 0.15) is 0 Å². The number of benzene rings is 1. The molecule has 138 valence electrons. The van der Waals surface area contributed by atoms with Crippen molar-refractivity contribution in [3.8, 4) is 0 Å². The molecule has 1 aromatic carbocycles. The number of aromatic nitrogens is 2. The van der Waals surface area contributed by atoms with E-state index in [1.807, 2.05) is 18.8 Å². The van der Waals surface area contributed by atoms with Crippen molar-refractivity contribution in [1.82, 2.24) is 20.4 Å². The lowest BCUT2D eigenvalue weighted by molar-refractivity contribution is 0.726. The molecule has 0 spiro atoms. The summed E-state index contributed by atoms with van der Waals surface area (Å²) in [7, 11) is 3.81. The van der Waals surface area contributed by atoms with E-state index < -0.39 is 0 Å². The minimum absolute atomic E-state index is 0. The van der Waals surface area contributed by atoms with Crippen LogP contribution in [0, 0.1) is 13.8 Å². The maximum absolute atomic E-state index is 4.46. The topological polar surface area (TPSA) is 54.2 Å². The highest BCUT2D eigenvalue weighted by Gasteiger charge is 2.08. The monoisotopic (exact) mass is 455 g/mol. The number of halogens is 1. The molecule has 0 aliphatic heterocycles. The molecular formula is C19H30IN5. The molecule has 0 atom stereocenters. The Bertz CT molecular complexity index is 664. The van der Waals surface area contributed by atoms with Crippen molar-refractivity contribution in [2.24, 2.45) is 12.0 Å². The van der Waals surface area contributed by atoms with Gasteiger partial charge in [0.05, 0.1) is 5.69 Å². The Morgan fingerprint density at radius 3 is 2.36 bits per heavy atom. The molecule has 2 N–H and O–H groups in total. The molecule has 0 aliphatic carbocycles. The largest absolute Gasteiger partial charge is 0.356 e.